The van der Waals surface area contributed by atoms with Crippen LogP contribution in [0.2, 0.25) is 0 Å². The van der Waals surface area contributed by atoms with Crippen LogP contribution >= 0.6 is 0 Å². The van der Waals surface area contributed by atoms with E-state index in [1.807, 2.05) is 0 Å². The van der Waals surface area contributed by atoms with Gasteiger partial charge < -0.3 is 25.2 Å². The van der Waals surface area contributed by atoms with Gasteiger partial charge in [-0.2, -0.15) is 0 Å². The zero-order valence-electron chi connectivity index (χ0n) is 13.6. The molecule has 0 spiro atoms. The van der Waals surface area contributed by atoms with Crippen LogP contribution < -0.4 is 5.32 Å². The molecule has 2 saturated heterocycles. The molecule has 0 aromatic carbocycles. The maximum absolute atomic E-state index is 12.1. The molecule has 0 aliphatic carbocycles. The molecule has 0 bridgehead atoms. The van der Waals surface area contributed by atoms with Crippen LogP contribution in [0.3, 0.4) is 0 Å². The van der Waals surface area contributed by atoms with E-state index in [2.05, 4.69) is 10.2 Å². The molecule has 2 aliphatic heterocycles. The number of piperidine rings is 1. The Balaban J connectivity index is 1.72. The first-order valence-corrected chi connectivity index (χ1v) is 8.58. The highest BCUT2D eigenvalue weighted by Gasteiger charge is 2.32. The average molecular weight is 328 g/mol. The number of carbonyl (C=O) groups excluding carboxylic acids is 1. The molecule has 2 heterocycles. The van der Waals surface area contributed by atoms with Crippen molar-refractivity contribution >= 4 is 11.9 Å². The molecule has 0 aromatic rings. The first-order chi connectivity index (χ1) is 11.1. The molecule has 0 aromatic heterocycles. The Labute approximate surface area is 137 Å². The summed E-state index contributed by atoms with van der Waals surface area (Å²) in [7, 11) is 0. The number of nitrogens with zero attached hydrogens (tertiary/aromatic N) is 1. The zero-order chi connectivity index (χ0) is 16.7. The number of hydrogen-bond donors (Lipinski definition) is 3. The molecule has 23 heavy (non-hydrogen) atoms. The number of ether oxygens (including phenoxy) is 1. The van der Waals surface area contributed by atoms with Crippen LogP contribution in [0.25, 0.3) is 0 Å². The van der Waals surface area contributed by atoms with Gasteiger partial charge in [0.1, 0.15) is 6.10 Å². The molecule has 3 atom stereocenters. The number of aliphatic hydroxyl groups is 1. The van der Waals surface area contributed by atoms with Gasteiger partial charge in [0.05, 0.1) is 25.2 Å². The fourth-order valence-electron chi connectivity index (χ4n) is 3.36. The quantitative estimate of drug-likeness (QED) is 0.624. The van der Waals surface area contributed by atoms with E-state index in [9.17, 15) is 14.7 Å². The van der Waals surface area contributed by atoms with E-state index in [0.717, 1.165) is 19.6 Å². The van der Waals surface area contributed by atoms with Crippen molar-refractivity contribution in [3.63, 3.8) is 0 Å². The normalized spacial score (nSPS) is 29.2. The lowest BCUT2D eigenvalue weighted by atomic mass is 9.97. The fourth-order valence-corrected chi connectivity index (χ4v) is 3.36. The van der Waals surface area contributed by atoms with Gasteiger partial charge in [0.2, 0.25) is 5.91 Å². The smallest absolute Gasteiger partial charge is 0.305 e. The van der Waals surface area contributed by atoms with Crippen LogP contribution in [0.15, 0.2) is 0 Å². The number of likely N-dealkylation sites (tertiary alicyclic amines) is 1. The largest absolute Gasteiger partial charge is 0.481 e. The van der Waals surface area contributed by atoms with Crippen molar-refractivity contribution in [2.75, 3.05) is 26.2 Å². The lowest BCUT2D eigenvalue weighted by molar-refractivity contribution is -0.147. The summed E-state index contributed by atoms with van der Waals surface area (Å²) in [6.07, 6.45) is 4.39. The molecule has 1 amide bonds. The second kappa shape index (κ2) is 9.20. The van der Waals surface area contributed by atoms with Crippen molar-refractivity contribution in [1.29, 1.82) is 0 Å². The highest BCUT2D eigenvalue weighted by Crippen LogP contribution is 2.22. The second-order valence-corrected chi connectivity index (χ2v) is 6.48. The summed E-state index contributed by atoms with van der Waals surface area (Å²) in [6.45, 7) is 2.68. The first kappa shape index (κ1) is 18.2. The van der Waals surface area contributed by atoms with Crippen molar-refractivity contribution in [3.05, 3.63) is 0 Å². The summed E-state index contributed by atoms with van der Waals surface area (Å²) in [4.78, 5) is 25.2. The molecule has 3 N–H and O–H groups in total. The summed E-state index contributed by atoms with van der Waals surface area (Å²) >= 11 is 0. The van der Waals surface area contributed by atoms with Gasteiger partial charge in [0.15, 0.2) is 0 Å². The Morgan fingerprint density at radius 2 is 1.91 bits per heavy atom. The first-order valence-electron chi connectivity index (χ1n) is 8.58. The van der Waals surface area contributed by atoms with E-state index in [1.54, 1.807) is 0 Å². The molecule has 2 fully saturated rings. The average Bonchev–Trinajstić information content (AvgIpc) is 2.55. The minimum atomic E-state index is -0.907. The van der Waals surface area contributed by atoms with Gasteiger partial charge in [-0.1, -0.05) is 6.42 Å². The standard InChI is InChI=1S/C16H28N2O5/c19-11-14-13(5-4-12(23-14)10-16(21)22)17-15(20)6-9-18-7-2-1-3-8-18/h12-14,19H,1-11H2,(H,17,20)(H,21,22)/t12-,13-,14-/m1/s1. The van der Waals surface area contributed by atoms with Gasteiger partial charge in [-0.3, -0.25) is 9.59 Å². The van der Waals surface area contributed by atoms with E-state index in [0.29, 0.717) is 19.3 Å². The predicted octanol–water partition coefficient (Wildman–Crippen LogP) is 0.362. The number of carbonyl (C=O) groups is 2. The van der Waals surface area contributed by atoms with Crippen molar-refractivity contribution in [2.24, 2.45) is 0 Å². The maximum Gasteiger partial charge on any atom is 0.305 e. The molecule has 2 aliphatic rings. The minimum absolute atomic E-state index is 0.0284. The van der Waals surface area contributed by atoms with Crippen LogP contribution in [-0.2, 0) is 14.3 Å². The summed E-state index contributed by atoms with van der Waals surface area (Å²) in [5.74, 6) is -0.935. The summed E-state index contributed by atoms with van der Waals surface area (Å²) in [5.41, 5.74) is 0. The van der Waals surface area contributed by atoms with Gasteiger partial charge in [-0.25, -0.2) is 0 Å². The number of aliphatic carboxylic acids is 1. The Kier molecular flexibility index (Phi) is 7.26. The Bertz CT molecular complexity index is 398. The lowest BCUT2D eigenvalue weighted by Crippen LogP contribution is -2.51. The highest BCUT2D eigenvalue weighted by molar-refractivity contribution is 5.76. The van der Waals surface area contributed by atoms with Gasteiger partial charge in [-0.05, 0) is 38.8 Å². The Hall–Kier alpha value is -1.18. The Morgan fingerprint density at radius 1 is 1.17 bits per heavy atom. The molecule has 0 radical (unpaired) electrons. The number of nitrogens with one attached hydrogen (secondary N) is 1. The van der Waals surface area contributed by atoms with Gasteiger partial charge in [0.25, 0.3) is 0 Å². The van der Waals surface area contributed by atoms with Gasteiger partial charge >= 0.3 is 5.97 Å². The van der Waals surface area contributed by atoms with Gasteiger partial charge in [0, 0.05) is 13.0 Å². The molecule has 7 heteroatoms. The highest BCUT2D eigenvalue weighted by atomic mass is 16.5. The summed E-state index contributed by atoms with van der Waals surface area (Å²) < 4.78 is 5.60. The predicted molar refractivity (Wildman–Crippen MR) is 84.1 cm³/mol. The van der Waals surface area contributed by atoms with Crippen molar-refractivity contribution in [1.82, 2.24) is 10.2 Å². The molecule has 7 nitrogen and oxygen atoms in total. The van der Waals surface area contributed by atoms with E-state index < -0.39 is 12.1 Å². The number of hydrogen-bond acceptors (Lipinski definition) is 5. The van der Waals surface area contributed by atoms with Crippen molar-refractivity contribution in [3.8, 4) is 0 Å². The van der Waals surface area contributed by atoms with Gasteiger partial charge in [-0.15, -0.1) is 0 Å². The third-order valence-corrected chi connectivity index (χ3v) is 4.65. The van der Waals surface area contributed by atoms with E-state index >= 15 is 0 Å². The molecular formula is C16H28N2O5. The maximum atomic E-state index is 12.1. The molecule has 0 saturated carbocycles. The minimum Gasteiger partial charge on any atom is -0.481 e. The summed E-state index contributed by atoms with van der Waals surface area (Å²) in [5, 5.41) is 21.2. The van der Waals surface area contributed by atoms with Crippen molar-refractivity contribution < 1.29 is 24.5 Å². The zero-order valence-corrected chi connectivity index (χ0v) is 13.6. The van der Waals surface area contributed by atoms with E-state index in [-0.39, 0.29) is 31.1 Å². The number of rotatable bonds is 7. The molecule has 132 valence electrons. The molecule has 0 unspecified atom stereocenters. The third-order valence-electron chi connectivity index (χ3n) is 4.65. The van der Waals surface area contributed by atoms with Crippen LogP contribution in [0.4, 0.5) is 0 Å². The van der Waals surface area contributed by atoms with E-state index in [1.165, 1.54) is 19.3 Å². The van der Waals surface area contributed by atoms with Crippen LogP contribution in [0, 0.1) is 0 Å². The Morgan fingerprint density at radius 3 is 2.57 bits per heavy atom. The fraction of sp³-hybridized carbons (Fsp3) is 0.875. The number of aliphatic hydroxyl groups excluding tert-OH is 1. The second-order valence-electron chi connectivity index (χ2n) is 6.48. The van der Waals surface area contributed by atoms with Crippen LogP contribution in [0.1, 0.15) is 44.9 Å². The van der Waals surface area contributed by atoms with Crippen molar-refractivity contribution in [2.45, 2.75) is 63.2 Å². The number of carboxylic acids is 1. The lowest BCUT2D eigenvalue weighted by Gasteiger charge is -2.35. The molecular weight excluding hydrogens is 300 g/mol. The monoisotopic (exact) mass is 328 g/mol. The van der Waals surface area contributed by atoms with Crippen LogP contribution in [-0.4, -0.2) is 71.5 Å². The number of carboxylic acid groups (broad SMARTS) is 1. The van der Waals surface area contributed by atoms with Crippen LogP contribution in [0.5, 0.6) is 0 Å². The topological polar surface area (TPSA) is 99.1 Å². The third kappa shape index (κ3) is 6.08. The summed E-state index contributed by atoms with van der Waals surface area (Å²) in [6, 6.07) is -0.237. The molecule has 2 rings (SSSR count). The SMILES string of the molecule is O=C(O)C[C@H]1CC[C@@H](NC(=O)CCN2CCCCC2)[C@@H](CO)O1. The number of amides is 1. The van der Waals surface area contributed by atoms with E-state index in [4.69, 9.17) is 9.84 Å².